The first-order valence-corrected chi connectivity index (χ1v) is 15.2. The van der Waals surface area contributed by atoms with Crippen LogP contribution in [0, 0.1) is 11.6 Å². The van der Waals surface area contributed by atoms with Gasteiger partial charge in [-0.15, -0.1) is 0 Å². The average Bonchev–Trinajstić information content (AvgIpc) is 3.08. The number of halogens is 2. The molecule has 1 aromatic heterocycles. The van der Waals surface area contributed by atoms with Gasteiger partial charge in [0, 0.05) is 32.3 Å². The lowest BCUT2D eigenvalue weighted by Gasteiger charge is -2.39. The van der Waals surface area contributed by atoms with Crippen molar-refractivity contribution < 1.29 is 29.3 Å². The molecule has 3 aromatic carbocycles. The van der Waals surface area contributed by atoms with Crippen molar-refractivity contribution in [3.05, 3.63) is 88.5 Å². The van der Waals surface area contributed by atoms with Gasteiger partial charge in [0.05, 0.1) is 56.0 Å². The third kappa shape index (κ3) is 6.82. The lowest BCUT2D eigenvalue weighted by atomic mass is 10.1. The number of carbonyl (C=O) groups is 2. The Morgan fingerprint density at radius 1 is 1.00 bits per heavy atom. The first-order valence-electron chi connectivity index (χ1n) is 15.2. The zero-order valence-corrected chi connectivity index (χ0v) is 26.6. The van der Waals surface area contributed by atoms with Crippen molar-refractivity contribution in [2.24, 2.45) is 5.73 Å². The molecule has 1 fully saturated rings. The van der Waals surface area contributed by atoms with E-state index in [4.69, 9.17) is 20.2 Å². The fourth-order valence-electron chi connectivity index (χ4n) is 5.55. The van der Waals surface area contributed by atoms with Crippen molar-refractivity contribution in [3.63, 3.8) is 0 Å². The normalized spacial score (nSPS) is 14.4. The highest BCUT2D eigenvalue weighted by Gasteiger charge is 2.33. The van der Waals surface area contributed by atoms with E-state index in [-0.39, 0.29) is 42.9 Å². The minimum Gasteiger partial charge on any atom is -0.497 e. The van der Waals surface area contributed by atoms with E-state index in [1.807, 2.05) is 6.92 Å². The van der Waals surface area contributed by atoms with Crippen LogP contribution in [-0.2, 0) is 4.79 Å². The molecular weight excluding hydrogens is 612 g/mol. The van der Waals surface area contributed by atoms with Crippen LogP contribution in [0.3, 0.4) is 0 Å². The molecule has 0 bridgehead atoms. The molecule has 2 atom stereocenters. The Labute approximate surface area is 271 Å². The maximum atomic E-state index is 14.4. The number of aromatic nitrogens is 2. The lowest BCUT2D eigenvalue weighted by molar-refractivity contribution is -0.133. The number of urea groups is 1. The van der Waals surface area contributed by atoms with Crippen LogP contribution < -0.4 is 36.0 Å². The third-order valence-corrected chi connectivity index (χ3v) is 8.16. The van der Waals surface area contributed by atoms with Crippen LogP contribution in [0.1, 0.15) is 33.6 Å². The SMILES string of the molecule is CC[C@H](N)C(=O)N1CCN(n2c(C(C)N(C(=O)Nc3ccc(F)cc3)c3ccc(OC)cc3OC)nc3cc(F)ccc3c2=O)CC1.[HH]. The molecule has 14 heteroatoms. The highest BCUT2D eigenvalue weighted by molar-refractivity contribution is 6.03. The van der Waals surface area contributed by atoms with Gasteiger partial charge in [-0.2, -0.15) is 0 Å². The zero-order valence-electron chi connectivity index (χ0n) is 26.6. The van der Waals surface area contributed by atoms with Crippen molar-refractivity contribution in [2.45, 2.75) is 32.4 Å². The molecular formula is C33H39F2N7O5. The Balaban J connectivity index is 0.00000520. The lowest BCUT2D eigenvalue weighted by Crippen LogP contribution is -2.58. The van der Waals surface area contributed by atoms with E-state index < -0.39 is 35.3 Å². The molecule has 12 nitrogen and oxygen atoms in total. The number of carbonyl (C=O) groups excluding carboxylic acids is 2. The van der Waals surface area contributed by atoms with Gasteiger partial charge in [0.2, 0.25) is 5.91 Å². The van der Waals surface area contributed by atoms with Crippen LogP contribution in [0.25, 0.3) is 10.9 Å². The molecule has 4 aromatic rings. The maximum Gasteiger partial charge on any atom is 0.327 e. The maximum absolute atomic E-state index is 14.4. The number of anilines is 2. The van der Waals surface area contributed by atoms with E-state index in [2.05, 4.69) is 5.32 Å². The Morgan fingerprint density at radius 3 is 2.32 bits per heavy atom. The molecule has 250 valence electrons. The Kier molecular flexibility index (Phi) is 9.89. The number of nitrogens with two attached hydrogens (primary N) is 1. The fourth-order valence-corrected chi connectivity index (χ4v) is 5.55. The van der Waals surface area contributed by atoms with Crippen LogP contribution in [-0.4, -0.2) is 72.9 Å². The topological polar surface area (TPSA) is 135 Å². The summed E-state index contributed by atoms with van der Waals surface area (Å²) in [6, 6.07) is 11.6. The number of fused-ring (bicyclic) bond motifs is 1. The molecule has 47 heavy (non-hydrogen) atoms. The number of nitrogens with zero attached hydrogens (tertiary/aromatic N) is 5. The molecule has 1 saturated heterocycles. The monoisotopic (exact) mass is 651 g/mol. The van der Waals surface area contributed by atoms with Crippen LogP contribution in [0.4, 0.5) is 25.0 Å². The summed E-state index contributed by atoms with van der Waals surface area (Å²) in [6.45, 7) is 4.65. The Hall–Kier alpha value is -5.24. The number of nitrogens with one attached hydrogen (secondary N) is 1. The van der Waals surface area contributed by atoms with E-state index in [0.717, 1.165) is 6.07 Å². The van der Waals surface area contributed by atoms with Crippen LogP contribution in [0.5, 0.6) is 11.5 Å². The second-order valence-electron chi connectivity index (χ2n) is 11.1. The summed E-state index contributed by atoms with van der Waals surface area (Å²) in [5.74, 6) is -0.335. The predicted molar refractivity (Wildman–Crippen MR) is 177 cm³/mol. The molecule has 5 rings (SSSR count). The van der Waals surface area contributed by atoms with Gasteiger partial charge in [-0.1, -0.05) is 6.92 Å². The second kappa shape index (κ2) is 14.0. The summed E-state index contributed by atoms with van der Waals surface area (Å²) in [4.78, 5) is 48.8. The number of hydrogen-bond acceptors (Lipinski definition) is 8. The highest BCUT2D eigenvalue weighted by Crippen LogP contribution is 2.37. The largest absolute Gasteiger partial charge is 0.497 e. The van der Waals surface area contributed by atoms with E-state index in [1.165, 1.54) is 60.2 Å². The van der Waals surface area contributed by atoms with E-state index in [0.29, 0.717) is 36.6 Å². The summed E-state index contributed by atoms with van der Waals surface area (Å²) in [5.41, 5.74) is 6.26. The molecule has 0 aliphatic carbocycles. The zero-order chi connectivity index (χ0) is 33.8. The highest BCUT2D eigenvalue weighted by atomic mass is 19.1. The Bertz CT molecular complexity index is 1830. The van der Waals surface area contributed by atoms with Gasteiger partial charge in [0.15, 0.2) is 5.82 Å². The summed E-state index contributed by atoms with van der Waals surface area (Å²) in [6.07, 6.45) is 0.496. The summed E-state index contributed by atoms with van der Waals surface area (Å²) >= 11 is 0. The van der Waals surface area contributed by atoms with Gasteiger partial charge in [0.1, 0.15) is 23.1 Å². The van der Waals surface area contributed by atoms with Crippen molar-refractivity contribution in [2.75, 3.05) is 55.6 Å². The molecule has 1 aliphatic heterocycles. The van der Waals surface area contributed by atoms with Crippen LogP contribution >= 0.6 is 0 Å². The number of rotatable bonds is 9. The van der Waals surface area contributed by atoms with Gasteiger partial charge < -0.3 is 30.4 Å². The molecule has 0 radical (unpaired) electrons. The van der Waals surface area contributed by atoms with Gasteiger partial charge in [-0.05, 0) is 61.9 Å². The predicted octanol–water partition coefficient (Wildman–Crippen LogP) is 4.26. The molecule has 2 heterocycles. The van der Waals surface area contributed by atoms with Crippen molar-refractivity contribution in [3.8, 4) is 11.5 Å². The minimum atomic E-state index is -0.966. The van der Waals surface area contributed by atoms with E-state index in [9.17, 15) is 23.2 Å². The third-order valence-electron chi connectivity index (χ3n) is 8.16. The summed E-state index contributed by atoms with van der Waals surface area (Å²) in [5, 5.41) is 4.72. The number of piperazine rings is 1. The minimum absolute atomic E-state index is 0. The second-order valence-corrected chi connectivity index (χ2v) is 11.1. The van der Waals surface area contributed by atoms with E-state index in [1.54, 1.807) is 35.0 Å². The quantitative estimate of drug-likeness (QED) is 0.274. The van der Waals surface area contributed by atoms with Crippen molar-refractivity contribution in [1.29, 1.82) is 0 Å². The van der Waals surface area contributed by atoms with Gasteiger partial charge in [-0.3, -0.25) is 14.5 Å². The molecule has 1 aliphatic rings. The first kappa shape index (κ1) is 33.1. The number of methoxy groups -OCH3 is 2. The number of benzene rings is 3. The van der Waals surface area contributed by atoms with Crippen LogP contribution in [0.15, 0.2) is 65.5 Å². The molecule has 3 N–H and O–H groups in total. The molecule has 1 unspecified atom stereocenters. The summed E-state index contributed by atoms with van der Waals surface area (Å²) < 4.78 is 40.5. The van der Waals surface area contributed by atoms with Crippen LogP contribution in [0.2, 0.25) is 0 Å². The number of ether oxygens (including phenoxy) is 2. The smallest absolute Gasteiger partial charge is 0.327 e. The van der Waals surface area contributed by atoms with E-state index >= 15 is 0 Å². The molecule has 3 amide bonds. The fraction of sp³-hybridized carbons (Fsp3) is 0.333. The molecule has 0 saturated carbocycles. The Morgan fingerprint density at radius 2 is 1.68 bits per heavy atom. The van der Waals surface area contributed by atoms with Crippen molar-refractivity contribution in [1.82, 2.24) is 14.6 Å². The van der Waals surface area contributed by atoms with Gasteiger partial charge in [-0.25, -0.2) is 23.2 Å². The molecule has 0 spiro atoms. The summed E-state index contributed by atoms with van der Waals surface area (Å²) in [7, 11) is 2.94. The van der Waals surface area contributed by atoms with Gasteiger partial charge >= 0.3 is 6.03 Å². The van der Waals surface area contributed by atoms with Crippen molar-refractivity contribution >= 4 is 34.2 Å². The van der Waals surface area contributed by atoms with Gasteiger partial charge in [0.25, 0.3) is 5.56 Å². The average molecular weight is 652 g/mol. The first-order chi connectivity index (χ1) is 22.6. The number of hydrogen-bond donors (Lipinski definition) is 2. The number of amides is 3. The standard InChI is InChI=1S/C33H37F2N7O5.H2/c1-5-26(36)32(44)39-14-16-40(17-15-39)42-30(38-27-18-22(35)8-12-25(27)31(42)43)20(2)41(28-13-11-24(46-3)19-29(28)47-4)33(45)37-23-9-6-21(34)7-10-23;/h6-13,18-20,26H,5,14-17,36H2,1-4H3,(H,37,45);1H/t20?,26-;/m0./s1.